The quantitative estimate of drug-likeness (QED) is 0.821. The maximum absolute atomic E-state index is 12.2. The Morgan fingerprint density at radius 1 is 1.08 bits per heavy atom. The van der Waals surface area contributed by atoms with Crippen LogP contribution in [0.15, 0.2) is 24.3 Å². The summed E-state index contributed by atoms with van der Waals surface area (Å²) < 4.78 is 25.3. The zero-order chi connectivity index (χ0) is 18.6. The molecule has 3 rings (SSSR count). The molecule has 0 saturated carbocycles. The SMILES string of the molecule is C[C@H](CN1CCCCC1)NC(=O)Nc1ccc(N2CCCS2(=O)=O)cc1. The maximum Gasteiger partial charge on any atom is 0.319 e. The zero-order valence-electron chi connectivity index (χ0n) is 15.3. The van der Waals surface area contributed by atoms with Crippen molar-refractivity contribution in [2.75, 3.05) is 41.6 Å². The Labute approximate surface area is 155 Å². The number of hydrogen-bond donors (Lipinski definition) is 2. The van der Waals surface area contributed by atoms with Gasteiger partial charge < -0.3 is 15.5 Å². The third kappa shape index (κ3) is 4.88. The number of nitrogens with one attached hydrogen (secondary N) is 2. The standard InChI is InChI=1S/C18H28N4O3S/c1-15(14-21-10-3-2-4-11-21)19-18(23)20-16-6-8-17(9-7-16)22-12-5-13-26(22,24)25/h6-9,15H,2-5,10-14H2,1H3,(H2,19,20,23)/t15-/m1/s1. The van der Waals surface area contributed by atoms with Gasteiger partial charge in [0.15, 0.2) is 0 Å². The number of anilines is 2. The normalized spacial score (nSPS) is 21.3. The van der Waals surface area contributed by atoms with Crippen LogP contribution in [-0.2, 0) is 10.0 Å². The van der Waals surface area contributed by atoms with Gasteiger partial charge in [0.2, 0.25) is 10.0 Å². The van der Waals surface area contributed by atoms with Gasteiger partial charge in [0.1, 0.15) is 0 Å². The van der Waals surface area contributed by atoms with Crippen molar-refractivity contribution in [3.8, 4) is 0 Å². The molecule has 0 unspecified atom stereocenters. The highest BCUT2D eigenvalue weighted by atomic mass is 32.2. The van der Waals surface area contributed by atoms with Gasteiger partial charge in [-0.2, -0.15) is 0 Å². The molecule has 0 aliphatic carbocycles. The Hall–Kier alpha value is -1.80. The van der Waals surface area contributed by atoms with E-state index in [1.807, 2.05) is 6.92 Å². The highest BCUT2D eigenvalue weighted by molar-refractivity contribution is 7.93. The summed E-state index contributed by atoms with van der Waals surface area (Å²) in [6, 6.07) is 6.76. The molecule has 8 heteroatoms. The average molecular weight is 381 g/mol. The van der Waals surface area contributed by atoms with E-state index in [1.165, 1.54) is 23.6 Å². The smallest absolute Gasteiger partial charge is 0.319 e. The van der Waals surface area contributed by atoms with E-state index in [2.05, 4.69) is 15.5 Å². The summed E-state index contributed by atoms with van der Waals surface area (Å²) in [5.74, 6) is 0.199. The lowest BCUT2D eigenvalue weighted by Crippen LogP contribution is -2.45. The lowest BCUT2D eigenvalue weighted by molar-refractivity contribution is 0.206. The third-order valence-corrected chi connectivity index (χ3v) is 6.74. The third-order valence-electron chi connectivity index (χ3n) is 4.87. The van der Waals surface area contributed by atoms with Gasteiger partial charge in [-0.25, -0.2) is 13.2 Å². The summed E-state index contributed by atoms with van der Waals surface area (Å²) in [6.45, 7) is 5.60. The van der Waals surface area contributed by atoms with E-state index in [0.29, 0.717) is 24.3 Å². The van der Waals surface area contributed by atoms with Crippen molar-refractivity contribution < 1.29 is 13.2 Å². The van der Waals surface area contributed by atoms with Gasteiger partial charge in [-0.3, -0.25) is 4.31 Å². The van der Waals surface area contributed by atoms with Crippen LogP contribution in [0.2, 0.25) is 0 Å². The number of likely N-dealkylation sites (tertiary alicyclic amines) is 1. The zero-order valence-corrected chi connectivity index (χ0v) is 16.1. The van der Waals surface area contributed by atoms with Crippen LogP contribution in [0.25, 0.3) is 0 Å². The summed E-state index contributed by atoms with van der Waals surface area (Å²) in [6.07, 6.45) is 4.42. The lowest BCUT2D eigenvalue weighted by atomic mass is 10.1. The number of hydrogen-bond acceptors (Lipinski definition) is 4. The molecule has 2 amide bonds. The fraction of sp³-hybridized carbons (Fsp3) is 0.611. The van der Waals surface area contributed by atoms with Gasteiger partial charge in [0, 0.05) is 24.8 Å². The molecule has 0 radical (unpaired) electrons. The topological polar surface area (TPSA) is 81.8 Å². The molecule has 1 aromatic carbocycles. The molecule has 0 spiro atoms. The molecule has 7 nitrogen and oxygen atoms in total. The summed E-state index contributed by atoms with van der Waals surface area (Å²) in [4.78, 5) is 14.6. The van der Waals surface area contributed by atoms with Crippen LogP contribution in [0.4, 0.5) is 16.2 Å². The minimum absolute atomic E-state index is 0.0714. The summed E-state index contributed by atoms with van der Waals surface area (Å²) in [7, 11) is -3.18. The van der Waals surface area contributed by atoms with Crippen LogP contribution < -0.4 is 14.9 Å². The van der Waals surface area contributed by atoms with Crippen molar-refractivity contribution in [2.45, 2.75) is 38.6 Å². The monoisotopic (exact) mass is 380 g/mol. The first kappa shape index (κ1) is 19.0. The second-order valence-electron chi connectivity index (χ2n) is 7.15. The van der Waals surface area contributed by atoms with Crippen LogP contribution in [0.5, 0.6) is 0 Å². The Bertz CT molecular complexity index is 714. The van der Waals surface area contributed by atoms with E-state index in [4.69, 9.17) is 0 Å². The van der Waals surface area contributed by atoms with Crippen molar-refractivity contribution in [2.24, 2.45) is 0 Å². The summed E-state index contributed by atoms with van der Waals surface area (Å²) in [5.41, 5.74) is 1.29. The van der Waals surface area contributed by atoms with Gasteiger partial charge in [0.25, 0.3) is 0 Å². The number of piperidine rings is 1. The van der Waals surface area contributed by atoms with Crippen LogP contribution in [-0.4, -0.2) is 57.3 Å². The van der Waals surface area contributed by atoms with E-state index in [9.17, 15) is 13.2 Å². The van der Waals surface area contributed by atoms with Gasteiger partial charge in [0.05, 0.1) is 11.4 Å². The largest absolute Gasteiger partial charge is 0.334 e. The second kappa shape index (κ2) is 8.26. The van der Waals surface area contributed by atoms with E-state index in [-0.39, 0.29) is 17.8 Å². The van der Waals surface area contributed by atoms with Crippen LogP contribution in [0, 0.1) is 0 Å². The van der Waals surface area contributed by atoms with Gasteiger partial charge in [-0.15, -0.1) is 0 Å². The maximum atomic E-state index is 12.2. The highest BCUT2D eigenvalue weighted by Gasteiger charge is 2.28. The molecular formula is C18H28N4O3S. The molecule has 2 saturated heterocycles. The molecule has 0 aromatic heterocycles. The number of sulfonamides is 1. The Balaban J connectivity index is 1.49. The molecule has 144 valence electrons. The van der Waals surface area contributed by atoms with Gasteiger partial charge in [-0.05, 0) is 63.5 Å². The van der Waals surface area contributed by atoms with Crippen molar-refractivity contribution in [3.63, 3.8) is 0 Å². The van der Waals surface area contributed by atoms with Crippen LogP contribution in [0.1, 0.15) is 32.6 Å². The average Bonchev–Trinajstić information content (AvgIpc) is 2.95. The highest BCUT2D eigenvalue weighted by Crippen LogP contribution is 2.25. The van der Waals surface area contributed by atoms with E-state index >= 15 is 0 Å². The molecule has 2 aliphatic rings. The van der Waals surface area contributed by atoms with Crippen LogP contribution >= 0.6 is 0 Å². The first-order valence-corrected chi connectivity index (χ1v) is 11.0. The summed E-state index contributed by atoms with van der Waals surface area (Å²) in [5, 5.41) is 5.77. The molecular weight excluding hydrogens is 352 g/mol. The van der Waals surface area contributed by atoms with Gasteiger partial charge >= 0.3 is 6.03 Å². The van der Waals surface area contributed by atoms with E-state index in [0.717, 1.165) is 19.6 Å². The number of carbonyl (C=O) groups is 1. The summed E-state index contributed by atoms with van der Waals surface area (Å²) >= 11 is 0. The fourth-order valence-corrected chi connectivity index (χ4v) is 5.17. The predicted molar refractivity (Wildman–Crippen MR) is 104 cm³/mol. The molecule has 1 atom stereocenters. The Morgan fingerprint density at radius 3 is 2.38 bits per heavy atom. The molecule has 0 bridgehead atoms. The first-order chi connectivity index (χ1) is 12.4. The minimum Gasteiger partial charge on any atom is -0.334 e. The van der Waals surface area contributed by atoms with Gasteiger partial charge in [-0.1, -0.05) is 6.42 Å². The molecule has 2 N–H and O–H groups in total. The molecule has 1 aromatic rings. The lowest BCUT2D eigenvalue weighted by Gasteiger charge is -2.29. The van der Waals surface area contributed by atoms with E-state index < -0.39 is 10.0 Å². The Kier molecular flexibility index (Phi) is 6.03. The minimum atomic E-state index is -3.18. The number of carbonyl (C=O) groups excluding carboxylic acids is 1. The second-order valence-corrected chi connectivity index (χ2v) is 9.16. The molecule has 2 fully saturated rings. The molecule has 2 aliphatic heterocycles. The van der Waals surface area contributed by atoms with Crippen molar-refractivity contribution >= 4 is 27.4 Å². The first-order valence-electron chi connectivity index (χ1n) is 9.34. The number of rotatable bonds is 5. The number of urea groups is 1. The number of nitrogens with zero attached hydrogens (tertiary/aromatic N) is 2. The van der Waals surface area contributed by atoms with E-state index in [1.54, 1.807) is 24.3 Å². The number of benzene rings is 1. The van der Waals surface area contributed by atoms with Crippen molar-refractivity contribution in [1.82, 2.24) is 10.2 Å². The predicted octanol–water partition coefficient (Wildman–Crippen LogP) is 2.22. The molecule has 2 heterocycles. The Morgan fingerprint density at radius 2 is 1.77 bits per heavy atom. The number of amides is 2. The van der Waals surface area contributed by atoms with Crippen LogP contribution in [0.3, 0.4) is 0 Å². The fourth-order valence-electron chi connectivity index (χ4n) is 3.61. The van der Waals surface area contributed by atoms with Crippen molar-refractivity contribution in [1.29, 1.82) is 0 Å². The molecule has 26 heavy (non-hydrogen) atoms. The van der Waals surface area contributed by atoms with Crippen molar-refractivity contribution in [3.05, 3.63) is 24.3 Å².